The third-order valence-corrected chi connectivity index (χ3v) is 4.91. The number of benzene rings is 2. The molecule has 1 saturated heterocycles. The first-order valence-electron chi connectivity index (χ1n) is 8.62. The maximum Gasteiger partial charge on any atom is 0.338 e. The highest BCUT2D eigenvalue weighted by atomic mass is 32.2. The summed E-state index contributed by atoms with van der Waals surface area (Å²) in [6.45, 7) is 2.23. The minimum Gasteiger partial charge on any atom is -0.462 e. The van der Waals surface area contributed by atoms with Gasteiger partial charge in [-0.05, 0) is 48.9 Å². The number of carbonyl (C=O) groups excluding carboxylic acids is 4. The smallest absolute Gasteiger partial charge is 0.338 e. The first-order chi connectivity index (χ1) is 13.5. The minimum absolute atomic E-state index is 0.175. The largest absolute Gasteiger partial charge is 0.462 e. The van der Waals surface area contributed by atoms with Crippen molar-refractivity contribution < 1.29 is 23.9 Å². The van der Waals surface area contributed by atoms with Gasteiger partial charge in [0.2, 0.25) is 5.91 Å². The fourth-order valence-corrected chi connectivity index (χ4v) is 3.31. The Bertz CT molecular complexity index is 893. The Morgan fingerprint density at radius 3 is 2.25 bits per heavy atom. The van der Waals surface area contributed by atoms with Crippen molar-refractivity contribution in [1.82, 2.24) is 4.90 Å². The van der Waals surface area contributed by atoms with Gasteiger partial charge in [-0.25, -0.2) is 4.79 Å². The third kappa shape index (κ3) is 4.58. The van der Waals surface area contributed by atoms with E-state index in [9.17, 15) is 19.2 Å². The van der Waals surface area contributed by atoms with Crippen LogP contribution in [0.2, 0.25) is 0 Å². The highest BCUT2D eigenvalue weighted by molar-refractivity contribution is 8.14. The van der Waals surface area contributed by atoms with Crippen molar-refractivity contribution in [2.75, 3.05) is 17.7 Å². The number of esters is 1. The number of carbonyl (C=O) groups is 4. The molecular weight excluding hydrogens is 380 g/mol. The maximum absolute atomic E-state index is 12.4. The van der Waals surface area contributed by atoms with E-state index in [4.69, 9.17) is 4.74 Å². The molecule has 0 radical (unpaired) electrons. The van der Waals surface area contributed by atoms with E-state index in [1.165, 1.54) is 4.90 Å². The molecule has 1 aliphatic heterocycles. The summed E-state index contributed by atoms with van der Waals surface area (Å²) in [4.78, 5) is 48.5. The Morgan fingerprint density at radius 1 is 1.04 bits per heavy atom. The van der Waals surface area contributed by atoms with Gasteiger partial charge in [0.05, 0.1) is 24.5 Å². The topological polar surface area (TPSA) is 92.8 Å². The van der Waals surface area contributed by atoms with Crippen LogP contribution in [0, 0.1) is 0 Å². The predicted molar refractivity (Wildman–Crippen MR) is 105 cm³/mol. The molecule has 0 atom stereocenters. The number of amides is 3. The van der Waals surface area contributed by atoms with Crippen LogP contribution in [-0.2, 0) is 16.1 Å². The van der Waals surface area contributed by atoms with E-state index in [1.54, 1.807) is 55.5 Å². The normalized spacial score (nSPS) is 13.5. The van der Waals surface area contributed by atoms with E-state index >= 15 is 0 Å². The fourth-order valence-electron chi connectivity index (χ4n) is 2.59. The first-order valence-corrected chi connectivity index (χ1v) is 9.61. The summed E-state index contributed by atoms with van der Waals surface area (Å²) in [5.74, 6) is -0.749. The standard InChI is InChI=1S/C20H18N2O5S/c1-2-27-19(25)15-7-9-16(10-8-15)21-18(24)14-5-3-13(4-6-14)11-22-17(23)12-28-20(22)26/h3-10H,2,11-12H2,1H3,(H,21,24). The lowest BCUT2D eigenvalue weighted by Crippen LogP contribution is -2.27. The molecule has 3 rings (SSSR count). The van der Waals surface area contributed by atoms with Crippen molar-refractivity contribution in [3.05, 3.63) is 65.2 Å². The summed E-state index contributed by atoms with van der Waals surface area (Å²) in [5, 5.41) is 2.50. The van der Waals surface area contributed by atoms with Gasteiger partial charge >= 0.3 is 5.97 Å². The Morgan fingerprint density at radius 2 is 1.68 bits per heavy atom. The molecule has 8 heteroatoms. The molecule has 144 valence electrons. The van der Waals surface area contributed by atoms with Gasteiger partial charge in [0.15, 0.2) is 0 Å². The number of hydrogen-bond donors (Lipinski definition) is 1. The molecule has 1 heterocycles. The summed E-state index contributed by atoms with van der Waals surface area (Å²) < 4.78 is 4.92. The Balaban J connectivity index is 1.61. The second-order valence-electron chi connectivity index (χ2n) is 5.98. The summed E-state index contributed by atoms with van der Waals surface area (Å²) >= 11 is 0.992. The first kappa shape index (κ1) is 19.6. The number of rotatable bonds is 6. The quantitative estimate of drug-likeness (QED) is 0.751. The number of hydrogen-bond acceptors (Lipinski definition) is 6. The van der Waals surface area contributed by atoms with Crippen molar-refractivity contribution in [3.63, 3.8) is 0 Å². The van der Waals surface area contributed by atoms with Gasteiger partial charge in [-0.1, -0.05) is 23.9 Å². The molecule has 0 saturated carbocycles. The van der Waals surface area contributed by atoms with Crippen LogP contribution < -0.4 is 5.32 Å². The second kappa shape index (κ2) is 8.71. The van der Waals surface area contributed by atoms with Crippen LogP contribution in [0.1, 0.15) is 33.2 Å². The zero-order valence-corrected chi connectivity index (χ0v) is 16.0. The lowest BCUT2D eigenvalue weighted by Gasteiger charge is -2.13. The van der Waals surface area contributed by atoms with Crippen LogP contribution in [0.25, 0.3) is 0 Å². The zero-order valence-electron chi connectivity index (χ0n) is 15.1. The van der Waals surface area contributed by atoms with E-state index in [0.717, 1.165) is 17.3 Å². The van der Waals surface area contributed by atoms with Crippen LogP contribution in [0.15, 0.2) is 48.5 Å². The van der Waals surface area contributed by atoms with Gasteiger partial charge < -0.3 is 10.1 Å². The lowest BCUT2D eigenvalue weighted by atomic mass is 10.1. The number of ether oxygens (including phenoxy) is 1. The number of nitrogens with zero attached hydrogens (tertiary/aromatic N) is 1. The molecular formula is C20H18N2O5S. The summed E-state index contributed by atoms with van der Waals surface area (Å²) in [6.07, 6.45) is 0. The van der Waals surface area contributed by atoms with E-state index in [1.807, 2.05) is 0 Å². The Hall–Kier alpha value is -3.13. The molecule has 3 amide bonds. The summed E-state index contributed by atoms with van der Waals surface area (Å²) in [7, 11) is 0. The summed E-state index contributed by atoms with van der Waals surface area (Å²) in [6, 6.07) is 13.1. The number of nitrogens with one attached hydrogen (secondary N) is 1. The predicted octanol–water partition coefficient (Wildman–Crippen LogP) is 3.31. The van der Waals surface area contributed by atoms with Crippen LogP contribution in [0.5, 0.6) is 0 Å². The van der Waals surface area contributed by atoms with Crippen molar-refractivity contribution in [2.24, 2.45) is 0 Å². The molecule has 2 aromatic carbocycles. The van der Waals surface area contributed by atoms with Crippen LogP contribution in [-0.4, -0.2) is 40.3 Å². The highest BCUT2D eigenvalue weighted by Gasteiger charge is 2.29. The summed E-state index contributed by atoms with van der Waals surface area (Å²) in [5.41, 5.74) is 2.16. The average Bonchev–Trinajstić information content (AvgIpc) is 3.01. The van der Waals surface area contributed by atoms with E-state index in [-0.39, 0.29) is 29.4 Å². The third-order valence-electron chi connectivity index (χ3n) is 4.05. The van der Waals surface area contributed by atoms with Gasteiger partial charge in [-0.2, -0.15) is 0 Å². The van der Waals surface area contributed by atoms with Crippen LogP contribution >= 0.6 is 11.8 Å². The molecule has 28 heavy (non-hydrogen) atoms. The van der Waals surface area contributed by atoms with Gasteiger partial charge in [0, 0.05) is 11.3 Å². The second-order valence-corrected chi connectivity index (χ2v) is 6.91. The average molecular weight is 398 g/mol. The molecule has 1 N–H and O–H groups in total. The van der Waals surface area contributed by atoms with Crippen molar-refractivity contribution in [1.29, 1.82) is 0 Å². The monoisotopic (exact) mass is 398 g/mol. The van der Waals surface area contributed by atoms with Gasteiger partial charge in [0.1, 0.15) is 0 Å². The molecule has 0 bridgehead atoms. The van der Waals surface area contributed by atoms with Crippen molar-refractivity contribution >= 4 is 40.5 Å². The van der Waals surface area contributed by atoms with Crippen molar-refractivity contribution in [3.8, 4) is 0 Å². The molecule has 0 aliphatic carbocycles. The highest BCUT2D eigenvalue weighted by Crippen LogP contribution is 2.21. The van der Waals surface area contributed by atoms with E-state index in [0.29, 0.717) is 23.4 Å². The van der Waals surface area contributed by atoms with E-state index < -0.39 is 5.97 Å². The van der Waals surface area contributed by atoms with Crippen LogP contribution in [0.3, 0.4) is 0 Å². The maximum atomic E-state index is 12.4. The SMILES string of the molecule is CCOC(=O)c1ccc(NC(=O)c2ccc(CN3C(=O)CSC3=O)cc2)cc1. The Labute approximate surface area is 166 Å². The molecule has 7 nitrogen and oxygen atoms in total. The lowest BCUT2D eigenvalue weighted by molar-refractivity contribution is -0.125. The molecule has 0 unspecified atom stereocenters. The van der Waals surface area contributed by atoms with Crippen molar-refractivity contribution in [2.45, 2.75) is 13.5 Å². The Kier molecular flexibility index (Phi) is 6.10. The molecule has 2 aromatic rings. The molecule has 0 spiro atoms. The molecule has 1 fully saturated rings. The molecule has 0 aromatic heterocycles. The van der Waals surface area contributed by atoms with E-state index in [2.05, 4.69) is 5.32 Å². The van der Waals surface area contributed by atoms with Gasteiger partial charge in [-0.15, -0.1) is 0 Å². The van der Waals surface area contributed by atoms with Gasteiger partial charge in [-0.3, -0.25) is 19.3 Å². The number of thioether (sulfide) groups is 1. The number of imide groups is 1. The zero-order chi connectivity index (χ0) is 20.1. The van der Waals surface area contributed by atoms with Crippen LogP contribution in [0.4, 0.5) is 10.5 Å². The molecule has 1 aliphatic rings. The fraction of sp³-hybridized carbons (Fsp3) is 0.200. The minimum atomic E-state index is -0.413. The van der Waals surface area contributed by atoms with Gasteiger partial charge in [0.25, 0.3) is 11.1 Å². The number of anilines is 1.